The third kappa shape index (κ3) is 3.64. The molecule has 1 aromatic heterocycles. The standard InChI is InChI=1S/C16H17ClFNO2/c17-14-8-11(3-5-15(14)18)16-6-4-13(21-16)10-19-9-12-2-1-7-20-12/h3-6,8,12,19H,1-2,7,9-10H2/t12-/m1/s1. The van der Waals surface area contributed by atoms with Gasteiger partial charge in [0.25, 0.3) is 0 Å². The molecule has 0 spiro atoms. The molecule has 1 fully saturated rings. The van der Waals surface area contributed by atoms with E-state index >= 15 is 0 Å². The second-order valence-electron chi connectivity index (χ2n) is 5.16. The summed E-state index contributed by atoms with van der Waals surface area (Å²) >= 11 is 5.78. The number of hydrogen-bond acceptors (Lipinski definition) is 3. The van der Waals surface area contributed by atoms with E-state index in [1.54, 1.807) is 12.1 Å². The summed E-state index contributed by atoms with van der Waals surface area (Å²) in [5, 5.41) is 3.42. The highest BCUT2D eigenvalue weighted by atomic mass is 35.5. The van der Waals surface area contributed by atoms with Crippen LogP contribution in [0.2, 0.25) is 5.02 Å². The average Bonchev–Trinajstić information content (AvgIpc) is 3.13. The van der Waals surface area contributed by atoms with Gasteiger partial charge < -0.3 is 14.5 Å². The van der Waals surface area contributed by atoms with Crippen molar-refractivity contribution in [2.45, 2.75) is 25.5 Å². The SMILES string of the molecule is Fc1ccc(-c2ccc(CNC[C@H]3CCCO3)o2)cc1Cl. The van der Waals surface area contributed by atoms with Crippen molar-refractivity contribution in [3.8, 4) is 11.3 Å². The van der Waals surface area contributed by atoms with E-state index in [4.69, 9.17) is 20.8 Å². The minimum Gasteiger partial charge on any atom is -0.460 e. The Morgan fingerprint density at radius 1 is 1.29 bits per heavy atom. The summed E-state index contributed by atoms with van der Waals surface area (Å²) < 4.78 is 24.4. The molecule has 0 unspecified atom stereocenters. The van der Waals surface area contributed by atoms with Crippen LogP contribution in [0.3, 0.4) is 0 Å². The Hall–Kier alpha value is -1.36. The highest BCUT2D eigenvalue weighted by Gasteiger charge is 2.15. The molecule has 1 aliphatic rings. The Kier molecular flexibility index (Phi) is 4.58. The second kappa shape index (κ2) is 6.60. The van der Waals surface area contributed by atoms with Crippen molar-refractivity contribution in [2.75, 3.05) is 13.2 Å². The quantitative estimate of drug-likeness (QED) is 0.906. The highest BCUT2D eigenvalue weighted by molar-refractivity contribution is 6.31. The predicted molar refractivity (Wildman–Crippen MR) is 79.8 cm³/mol. The Labute approximate surface area is 128 Å². The van der Waals surface area contributed by atoms with Crippen LogP contribution in [0.15, 0.2) is 34.7 Å². The van der Waals surface area contributed by atoms with Crippen molar-refractivity contribution in [2.24, 2.45) is 0 Å². The summed E-state index contributed by atoms with van der Waals surface area (Å²) in [6, 6.07) is 8.35. The normalized spacial score (nSPS) is 18.3. The Morgan fingerprint density at radius 2 is 2.19 bits per heavy atom. The predicted octanol–water partition coefficient (Wildman–Crippen LogP) is 4.01. The molecular weight excluding hydrogens is 293 g/mol. The van der Waals surface area contributed by atoms with Gasteiger partial charge >= 0.3 is 0 Å². The maximum atomic E-state index is 13.1. The van der Waals surface area contributed by atoms with Crippen LogP contribution < -0.4 is 5.32 Å². The van der Waals surface area contributed by atoms with Crippen LogP contribution in [0.5, 0.6) is 0 Å². The van der Waals surface area contributed by atoms with Crippen LogP contribution in [0, 0.1) is 5.82 Å². The lowest BCUT2D eigenvalue weighted by Crippen LogP contribution is -2.25. The van der Waals surface area contributed by atoms with Crippen molar-refractivity contribution < 1.29 is 13.5 Å². The fraction of sp³-hybridized carbons (Fsp3) is 0.375. The summed E-state index contributed by atoms with van der Waals surface area (Å²) in [4.78, 5) is 0. The molecule has 0 bridgehead atoms. The summed E-state index contributed by atoms with van der Waals surface area (Å²) in [5.41, 5.74) is 0.770. The molecule has 0 radical (unpaired) electrons. The van der Waals surface area contributed by atoms with Gasteiger partial charge in [0, 0.05) is 18.7 Å². The molecule has 21 heavy (non-hydrogen) atoms. The summed E-state index contributed by atoms with van der Waals surface area (Å²) in [5.74, 6) is 1.10. The maximum absolute atomic E-state index is 13.1. The van der Waals surface area contributed by atoms with E-state index in [-0.39, 0.29) is 5.02 Å². The van der Waals surface area contributed by atoms with Gasteiger partial charge in [0.05, 0.1) is 17.7 Å². The van der Waals surface area contributed by atoms with Crippen LogP contribution >= 0.6 is 11.6 Å². The van der Waals surface area contributed by atoms with Crippen LogP contribution in [0.4, 0.5) is 4.39 Å². The van der Waals surface area contributed by atoms with Gasteiger partial charge in [-0.25, -0.2) is 4.39 Å². The van der Waals surface area contributed by atoms with Crippen LogP contribution in [0.1, 0.15) is 18.6 Å². The number of nitrogens with one attached hydrogen (secondary N) is 1. The van der Waals surface area contributed by atoms with Crippen LogP contribution in [-0.2, 0) is 11.3 Å². The van der Waals surface area contributed by atoms with Crippen LogP contribution in [0.25, 0.3) is 11.3 Å². The molecule has 5 heteroatoms. The molecule has 3 rings (SSSR count). The highest BCUT2D eigenvalue weighted by Crippen LogP contribution is 2.26. The monoisotopic (exact) mass is 309 g/mol. The first kappa shape index (κ1) is 14.6. The molecule has 1 aliphatic heterocycles. The third-order valence-electron chi connectivity index (χ3n) is 3.56. The van der Waals surface area contributed by atoms with E-state index in [2.05, 4.69) is 5.32 Å². The largest absolute Gasteiger partial charge is 0.460 e. The first-order chi connectivity index (χ1) is 10.2. The number of ether oxygens (including phenoxy) is 1. The molecule has 2 aromatic rings. The zero-order valence-corrected chi connectivity index (χ0v) is 12.3. The van der Waals surface area contributed by atoms with Gasteiger partial charge in [-0.1, -0.05) is 11.6 Å². The zero-order chi connectivity index (χ0) is 14.7. The number of benzene rings is 1. The first-order valence-corrected chi connectivity index (χ1v) is 7.46. The molecule has 0 aliphatic carbocycles. The average molecular weight is 310 g/mol. The van der Waals surface area contributed by atoms with Gasteiger partial charge in [-0.2, -0.15) is 0 Å². The van der Waals surface area contributed by atoms with Crippen molar-refractivity contribution in [1.29, 1.82) is 0 Å². The minimum atomic E-state index is -0.426. The van der Waals surface area contributed by atoms with Gasteiger partial charge in [0.15, 0.2) is 0 Å². The molecule has 112 valence electrons. The van der Waals surface area contributed by atoms with E-state index in [0.717, 1.165) is 37.3 Å². The summed E-state index contributed by atoms with van der Waals surface area (Å²) in [6.07, 6.45) is 2.57. The lowest BCUT2D eigenvalue weighted by atomic mass is 10.2. The topological polar surface area (TPSA) is 34.4 Å². The van der Waals surface area contributed by atoms with Crippen molar-refractivity contribution in [3.63, 3.8) is 0 Å². The van der Waals surface area contributed by atoms with E-state index in [1.165, 1.54) is 6.07 Å². The molecule has 1 N–H and O–H groups in total. The molecular formula is C16H17ClFNO2. The van der Waals surface area contributed by atoms with E-state index in [0.29, 0.717) is 18.4 Å². The first-order valence-electron chi connectivity index (χ1n) is 7.09. The molecule has 1 saturated heterocycles. The Bertz CT molecular complexity index is 608. The number of furan rings is 1. The number of halogens is 2. The molecule has 0 amide bonds. The Balaban J connectivity index is 1.58. The number of rotatable bonds is 5. The van der Waals surface area contributed by atoms with E-state index in [1.807, 2.05) is 12.1 Å². The van der Waals surface area contributed by atoms with Crippen molar-refractivity contribution in [1.82, 2.24) is 5.32 Å². The Morgan fingerprint density at radius 3 is 2.95 bits per heavy atom. The summed E-state index contributed by atoms with van der Waals surface area (Å²) in [7, 11) is 0. The van der Waals surface area contributed by atoms with Crippen molar-refractivity contribution >= 4 is 11.6 Å². The number of hydrogen-bond donors (Lipinski definition) is 1. The van der Waals surface area contributed by atoms with Gasteiger partial charge in [0.2, 0.25) is 0 Å². The van der Waals surface area contributed by atoms with E-state index in [9.17, 15) is 4.39 Å². The second-order valence-corrected chi connectivity index (χ2v) is 5.57. The minimum absolute atomic E-state index is 0.0990. The van der Waals surface area contributed by atoms with E-state index < -0.39 is 5.82 Å². The molecule has 2 heterocycles. The lowest BCUT2D eigenvalue weighted by molar-refractivity contribution is 0.109. The van der Waals surface area contributed by atoms with Crippen LogP contribution in [-0.4, -0.2) is 19.3 Å². The molecule has 0 saturated carbocycles. The maximum Gasteiger partial charge on any atom is 0.141 e. The smallest absolute Gasteiger partial charge is 0.141 e. The fourth-order valence-corrected chi connectivity index (χ4v) is 2.62. The molecule has 1 aromatic carbocycles. The van der Waals surface area contributed by atoms with Gasteiger partial charge in [0.1, 0.15) is 17.3 Å². The van der Waals surface area contributed by atoms with Crippen molar-refractivity contribution in [3.05, 3.63) is 46.9 Å². The molecule has 1 atom stereocenters. The zero-order valence-electron chi connectivity index (χ0n) is 11.6. The summed E-state index contributed by atoms with van der Waals surface area (Å²) in [6.45, 7) is 2.34. The van der Waals surface area contributed by atoms with Gasteiger partial charge in [-0.15, -0.1) is 0 Å². The lowest BCUT2D eigenvalue weighted by Gasteiger charge is -2.09. The van der Waals surface area contributed by atoms with Gasteiger partial charge in [-0.3, -0.25) is 0 Å². The third-order valence-corrected chi connectivity index (χ3v) is 3.85. The molecule has 3 nitrogen and oxygen atoms in total. The fourth-order valence-electron chi connectivity index (χ4n) is 2.44. The van der Waals surface area contributed by atoms with Gasteiger partial charge in [-0.05, 0) is 43.2 Å².